The van der Waals surface area contributed by atoms with Gasteiger partial charge < -0.3 is 5.11 Å². The standard InChI is InChI=1S/C12H8F4N2O2/c13-8-1-3-9(4-2-8)18-11(12(14,15)16)7(6-17-18)5-10(19)20/h1-4,6H,5H2,(H,19,20). The summed E-state index contributed by atoms with van der Waals surface area (Å²) in [4.78, 5) is 10.6. The molecule has 0 saturated carbocycles. The molecule has 1 heterocycles. The van der Waals surface area contributed by atoms with Gasteiger partial charge in [0, 0.05) is 5.56 Å². The van der Waals surface area contributed by atoms with Crippen LogP contribution in [0.4, 0.5) is 17.6 Å². The molecule has 2 rings (SSSR count). The Balaban J connectivity index is 2.56. The summed E-state index contributed by atoms with van der Waals surface area (Å²) in [6, 6.07) is 4.24. The lowest BCUT2D eigenvalue weighted by Crippen LogP contribution is -2.16. The highest BCUT2D eigenvalue weighted by Gasteiger charge is 2.38. The van der Waals surface area contributed by atoms with Gasteiger partial charge in [0.05, 0.1) is 18.3 Å². The SMILES string of the molecule is O=C(O)Cc1cnn(-c2ccc(F)cc2)c1C(F)(F)F. The highest BCUT2D eigenvalue weighted by molar-refractivity contribution is 5.70. The van der Waals surface area contributed by atoms with Gasteiger partial charge in [-0.2, -0.15) is 18.3 Å². The molecule has 8 heteroatoms. The van der Waals surface area contributed by atoms with Crippen molar-refractivity contribution < 1.29 is 27.5 Å². The number of carbonyl (C=O) groups is 1. The first kappa shape index (κ1) is 14.0. The van der Waals surface area contributed by atoms with E-state index in [1.165, 1.54) is 0 Å². The molecule has 0 bridgehead atoms. The number of hydrogen-bond donors (Lipinski definition) is 1. The van der Waals surface area contributed by atoms with Crippen LogP contribution in [0.3, 0.4) is 0 Å². The molecule has 0 aliphatic carbocycles. The number of rotatable bonds is 3. The van der Waals surface area contributed by atoms with E-state index in [2.05, 4.69) is 5.10 Å². The lowest BCUT2D eigenvalue weighted by molar-refractivity contribution is -0.144. The molecule has 0 saturated heterocycles. The van der Waals surface area contributed by atoms with E-state index in [0.717, 1.165) is 30.5 Å². The van der Waals surface area contributed by atoms with Crippen LogP contribution in [0, 0.1) is 5.82 Å². The van der Waals surface area contributed by atoms with Crippen LogP contribution in [0.2, 0.25) is 0 Å². The molecule has 0 aliphatic heterocycles. The van der Waals surface area contributed by atoms with Gasteiger partial charge in [0.1, 0.15) is 5.82 Å². The maximum absolute atomic E-state index is 13.0. The molecule has 1 aromatic carbocycles. The molecule has 0 atom stereocenters. The van der Waals surface area contributed by atoms with E-state index in [-0.39, 0.29) is 5.69 Å². The minimum absolute atomic E-state index is 0.00429. The Morgan fingerprint density at radius 2 is 1.85 bits per heavy atom. The zero-order valence-corrected chi connectivity index (χ0v) is 9.86. The molecule has 0 fully saturated rings. The molecule has 1 N–H and O–H groups in total. The molecule has 4 nitrogen and oxygen atoms in total. The fourth-order valence-electron chi connectivity index (χ4n) is 1.75. The van der Waals surface area contributed by atoms with E-state index >= 15 is 0 Å². The topological polar surface area (TPSA) is 55.1 Å². The van der Waals surface area contributed by atoms with E-state index in [0.29, 0.717) is 4.68 Å². The van der Waals surface area contributed by atoms with Gasteiger partial charge >= 0.3 is 12.1 Å². The number of benzene rings is 1. The number of carboxylic acid groups (broad SMARTS) is 1. The Morgan fingerprint density at radius 1 is 1.25 bits per heavy atom. The molecule has 0 spiro atoms. The Bertz CT molecular complexity index is 632. The zero-order chi connectivity index (χ0) is 14.9. The first-order valence-electron chi connectivity index (χ1n) is 5.41. The van der Waals surface area contributed by atoms with Crippen molar-refractivity contribution in [2.45, 2.75) is 12.6 Å². The van der Waals surface area contributed by atoms with Crippen LogP contribution in [0.15, 0.2) is 30.5 Å². The highest BCUT2D eigenvalue weighted by Crippen LogP contribution is 2.33. The summed E-state index contributed by atoms with van der Waals surface area (Å²) in [5.41, 5.74) is -1.63. The van der Waals surface area contributed by atoms with Gasteiger partial charge in [0.15, 0.2) is 5.69 Å². The number of aliphatic carboxylic acids is 1. The Kier molecular flexibility index (Phi) is 3.47. The third-order valence-electron chi connectivity index (χ3n) is 2.53. The van der Waals surface area contributed by atoms with Gasteiger partial charge in [-0.1, -0.05) is 0 Å². The number of carboxylic acids is 1. The maximum Gasteiger partial charge on any atom is 0.433 e. The number of hydrogen-bond acceptors (Lipinski definition) is 2. The number of alkyl halides is 3. The fourth-order valence-corrected chi connectivity index (χ4v) is 1.75. The lowest BCUT2D eigenvalue weighted by atomic mass is 10.1. The van der Waals surface area contributed by atoms with Crippen LogP contribution >= 0.6 is 0 Å². The second kappa shape index (κ2) is 4.95. The van der Waals surface area contributed by atoms with E-state index in [4.69, 9.17) is 5.11 Å². The average molecular weight is 288 g/mol. The van der Waals surface area contributed by atoms with Crippen LogP contribution in [0.1, 0.15) is 11.3 Å². The summed E-state index contributed by atoms with van der Waals surface area (Å²) in [5, 5.41) is 12.2. The van der Waals surface area contributed by atoms with Gasteiger partial charge in [0.25, 0.3) is 0 Å². The molecule has 2 aromatic rings. The number of aromatic nitrogens is 2. The molecule has 0 amide bonds. The molecular formula is C12H8F4N2O2. The summed E-state index contributed by atoms with van der Waals surface area (Å²) in [5.74, 6) is -1.99. The molecule has 0 unspecified atom stereocenters. The summed E-state index contributed by atoms with van der Waals surface area (Å²) >= 11 is 0. The van der Waals surface area contributed by atoms with Gasteiger partial charge in [-0.05, 0) is 24.3 Å². The van der Waals surface area contributed by atoms with Gasteiger partial charge in [-0.25, -0.2) is 9.07 Å². The molecule has 106 valence electrons. The molecular weight excluding hydrogens is 280 g/mol. The Hall–Kier alpha value is -2.38. The predicted molar refractivity (Wildman–Crippen MR) is 59.9 cm³/mol. The normalized spacial score (nSPS) is 11.6. The molecule has 0 radical (unpaired) electrons. The predicted octanol–water partition coefficient (Wildman–Crippen LogP) is 2.66. The third kappa shape index (κ3) is 2.79. The fraction of sp³-hybridized carbons (Fsp3) is 0.167. The van der Waals surface area contributed by atoms with E-state index in [1.807, 2.05) is 0 Å². The zero-order valence-electron chi connectivity index (χ0n) is 9.86. The smallest absolute Gasteiger partial charge is 0.433 e. The van der Waals surface area contributed by atoms with Crippen molar-refractivity contribution in [1.29, 1.82) is 0 Å². The van der Waals surface area contributed by atoms with Crippen LogP contribution in [-0.2, 0) is 17.4 Å². The van der Waals surface area contributed by atoms with Crippen molar-refractivity contribution in [2.24, 2.45) is 0 Å². The third-order valence-corrected chi connectivity index (χ3v) is 2.53. The Labute approximate surface area is 110 Å². The van der Waals surface area contributed by atoms with Crippen molar-refractivity contribution in [2.75, 3.05) is 0 Å². The van der Waals surface area contributed by atoms with Crippen LogP contribution in [0.5, 0.6) is 0 Å². The monoisotopic (exact) mass is 288 g/mol. The lowest BCUT2D eigenvalue weighted by Gasteiger charge is -2.12. The Morgan fingerprint density at radius 3 is 2.35 bits per heavy atom. The molecule has 1 aromatic heterocycles. The number of nitrogens with zero attached hydrogens (tertiary/aromatic N) is 2. The highest BCUT2D eigenvalue weighted by atomic mass is 19.4. The summed E-state index contributed by atoms with van der Waals surface area (Å²) in [6.45, 7) is 0. The van der Waals surface area contributed by atoms with Crippen molar-refractivity contribution in [3.05, 3.63) is 47.5 Å². The van der Waals surface area contributed by atoms with E-state index in [9.17, 15) is 22.4 Å². The minimum Gasteiger partial charge on any atom is -0.481 e. The van der Waals surface area contributed by atoms with E-state index in [1.54, 1.807) is 0 Å². The molecule has 0 aliphatic rings. The second-order valence-electron chi connectivity index (χ2n) is 3.97. The van der Waals surface area contributed by atoms with Crippen LogP contribution < -0.4 is 0 Å². The summed E-state index contributed by atoms with van der Waals surface area (Å²) in [7, 11) is 0. The quantitative estimate of drug-likeness (QED) is 0.883. The first-order valence-corrected chi connectivity index (χ1v) is 5.41. The first-order chi connectivity index (χ1) is 9.29. The van der Waals surface area contributed by atoms with Crippen molar-refractivity contribution in [3.8, 4) is 5.69 Å². The van der Waals surface area contributed by atoms with Gasteiger partial charge in [-0.15, -0.1) is 0 Å². The van der Waals surface area contributed by atoms with Gasteiger partial charge in [0.2, 0.25) is 0 Å². The number of halogens is 4. The molecule has 20 heavy (non-hydrogen) atoms. The van der Waals surface area contributed by atoms with Gasteiger partial charge in [-0.3, -0.25) is 4.79 Å². The second-order valence-corrected chi connectivity index (χ2v) is 3.97. The van der Waals surface area contributed by atoms with Crippen molar-refractivity contribution in [3.63, 3.8) is 0 Å². The van der Waals surface area contributed by atoms with Crippen LogP contribution in [-0.4, -0.2) is 20.9 Å². The largest absolute Gasteiger partial charge is 0.481 e. The maximum atomic E-state index is 13.0. The summed E-state index contributed by atoms with van der Waals surface area (Å²) < 4.78 is 52.4. The minimum atomic E-state index is -4.77. The summed E-state index contributed by atoms with van der Waals surface area (Å²) in [6.07, 6.45) is -4.72. The van der Waals surface area contributed by atoms with Crippen molar-refractivity contribution >= 4 is 5.97 Å². The van der Waals surface area contributed by atoms with Crippen molar-refractivity contribution in [1.82, 2.24) is 9.78 Å². The van der Waals surface area contributed by atoms with E-state index < -0.39 is 35.6 Å². The average Bonchev–Trinajstić information content (AvgIpc) is 2.72. The van der Waals surface area contributed by atoms with Crippen LogP contribution in [0.25, 0.3) is 5.69 Å².